The lowest BCUT2D eigenvalue weighted by atomic mass is 9.75. The smallest absolute Gasteiger partial charge is 0.312 e. The van der Waals surface area contributed by atoms with Gasteiger partial charge in [0.25, 0.3) is 0 Å². The summed E-state index contributed by atoms with van der Waals surface area (Å²) in [5.41, 5.74) is 0. The molecule has 4 aliphatic rings. The highest BCUT2D eigenvalue weighted by Crippen LogP contribution is 2.37. The molecule has 4 atom stereocenters. The molecule has 2 aliphatic heterocycles. The van der Waals surface area contributed by atoms with Crippen molar-refractivity contribution >= 4 is 11.8 Å². The van der Waals surface area contributed by atoms with Gasteiger partial charge >= 0.3 is 11.8 Å². The number of carbonyl (C=O) groups excluding carboxylic acids is 2. The Bertz CT molecular complexity index is 490. The van der Waals surface area contributed by atoms with Crippen LogP contribution < -0.4 is 0 Å². The number of nitrogens with zero attached hydrogens (tertiary/aromatic N) is 2. The minimum atomic E-state index is -0.203. The second-order valence-electron chi connectivity index (χ2n) is 8.60. The Morgan fingerprint density at radius 1 is 0.625 bits per heavy atom. The first kappa shape index (κ1) is 16.4. The maximum Gasteiger partial charge on any atom is 0.312 e. The largest absolute Gasteiger partial charge is 0.334 e. The van der Waals surface area contributed by atoms with Crippen LogP contribution in [0.1, 0.15) is 70.6 Å². The Morgan fingerprint density at radius 3 is 2.12 bits per heavy atom. The van der Waals surface area contributed by atoms with Gasteiger partial charge in [0, 0.05) is 25.7 Å². The number of fused-ring (bicyclic) bond motifs is 2. The first-order chi connectivity index (χ1) is 11.7. The van der Waals surface area contributed by atoms with Crippen LogP contribution in [-0.4, -0.2) is 47.3 Å². The molecule has 4 rings (SSSR count). The first-order valence-corrected chi connectivity index (χ1v) is 10.3. The van der Waals surface area contributed by atoms with Gasteiger partial charge in [0.15, 0.2) is 0 Å². The molecule has 2 heterocycles. The summed E-state index contributed by atoms with van der Waals surface area (Å²) >= 11 is 0. The van der Waals surface area contributed by atoms with E-state index in [9.17, 15) is 9.59 Å². The van der Waals surface area contributed by atoms with Crippen molar-refractivity contribution in [3.8, 4) is 0 Å². The normalized spacial score (nSPS) is 36.7. The number of carbonyl (C=O) groups is 2. The topological polar surface area (TPSA) is 40.6 Å². The highest BCUT2D eigenvalue weighted by Gasteiger charge is 2.41. The van der Waals surface area contributed by atoms with Crippen LogP contribution in [0.3, 0.4) is 0 Å². The van der Waals surface area contributed by atoms with Gasteiger partial charge in [0.1, 0.15) is 0 Å². The van der Waals surface area contributed by atoms with Crippen molar-refractivity contribution in [2.45, 2.75) is 76.7 Å². The number of amides is 2. The highest BCUT2D eigenvalue weighted by molar-refractivity contribution is 6.35. The summed E-state index contributed by atoms with van der Waals surface area (Å²) < 4.78 is 0. The van der Waals surface area contributed by atoms with E-state index in [1.807, 2.05) is 9.80 Å². The molecule has 134 valence electrons. The van der Waals surface area contributed by atoms with E-state index in [0.29, 0.717) is 17.9 Å². The molecule has 0 spiro atoms. The van der Waals surface area contributed by atoms with E-state index in [4.69, 9.17) is 0 Å². The Balaban J connectivity index is 1.41. The number of rotatable bonds is 0. The van der Waals surface area contributed by atoms with Crippen LogP contribution in [0.5, 0.6) is 0 Å². The molecule has 0 aromatic heterocycles. The van der Waals surface area contributed by atoms with Crippen molar-refractivity contribution in [2.75, 3.05) is 19.6 Å². The molecule has 2 aliphatic carbocycles. The second kappa shape index (κ2) is 7.05. The molecule has 2 saturated carbocycles. The molecule has 4 heteroatoms. The maximum absolute atomic E-state index is 12.9. The molecule has 0 radical (unpaired) electrons. The summed E-state index contributed by atoms with van der Waals surface area (Å²) in [6.07, 6.45) is 13.5. The summed E-state index contributed by atoms with van der Waals surface area (Å²) in [5.74, 6) is 1.70. The quantitative estimate of drug-likeness (QED) is 0.639. The minimum Gasteiger partial charge on any atom is -0.334 e. The molecule has 0 aromatic rings. The summed E-state index contributed by atoms with van der Waals surface area (Å²) in [7, 11) is 0. The molecule has 4 fully saturated rings. The van der Waals surface area contributed by atoms with Crippen LogP contribution in [0.4, 0.5) is 0 Å². The third-order valence-corrected chi connectivity index (χ3v) is 7.27. The van der Waals surface area contributed by atoms with E-state index < -0.39 is 0 Å². The molecular formula is C20H32N2O2. The SMILES string of the molecule is O=C(C(=O)N1CCCC2CCCCC21)N1CCC2CCCCC2C1. The fraction of sp³-hybridized carbons (Fsp3) is 0.900. The maximum atomic E-state index is 12.9. The van der Waals surface area contributed by atoms with Crippen molar-refractivity contribution in [1.82, 2.24) is 9.80 Å². The fourth-order valence-corrected chi connectivity index (χ4v) is 5.92. The predicted molar refractivity (Wildman–Crippen MR) is 93.3 cm³/mol. The van der Waals surface area contributed by atoms with Gasteiger partial charge in [-0.25, -0.2) is 0 Å². The van der Waals surface area contributed by atoms with Crippen molar-refractivity contribution in [1.29, 1.82) is 0 Å². The van der Waals surface area contributed by atoms with Crippen LogP contribution in [0.15, 0.2) is 0 Å². The van der Waals surface area contributed by atoms with Gasteiger partial charge in [-0.3, -0.25) is 9.59 Å². The Hall–Kier alpha value is -1.06. The van der Waals surface area contributed by atoms with Crippen LogP contribution in [0.25, 0.3) is 0 Å². The fourth-order valence-electron chi connectivity index (χ4n) is 5.92. The Morgan fingerprint density at radius 2 is 1.29 bits per heavy atom. The minimum absolute atomic E-state index is 0.194. The lowest BCUT2D eigenvalue weighted by Crippen LogP contribution is -2.56. The van der Waals surface area contributed by atoms with Crippen LogP contribution in [0, 0.1) is 17.8 Å². The lowest BCUT2D eigenvalue weighted by molar-refractivity contribution is -0.157. The Labute approximate surface area is 145 Å². The van der Waals surface area contributed by atoms with Crippen LogP contribution in [-0.2, 0) is 9.59 Å². The highest BCUT2D eigenvalue weighted by atomic mass is 16.2. The van der Waals surface area contributed by atoms with E-state index in [1.165, 1.54) is 51.4 Å². The van der Waals surface area contributed by atoms with E-state index in [1.54, 1.807) is 0 Å². The van der Waals surface area contributed by atoms with Gasteiger partial charge in [0.2, 0.25) is 0 Å². The van der Waals surface area contributed by atoms with Crippen molar-refractivity contribution in [2.24, 2.45) is 17.8 Å². The van der Waals surface area contributed by atoms with Crippen LogP contribution in [0.2, 0.25) is 0 Å². The van der Waals surface area contributed by atoms with Gasteiger partial charge < -0.3 is 9.80 Å². The summed E-state index contributed by atoms with van der Waals surface area (Å²) in [5, 5.41) is 0. The van der Waals surface area contributed by atoms with Crippen LogP contribution >= 0.6 is 0 Å². The molecule has 2 saturated heterocycles. The zero-order chi connectivity index (χ0) is 16.5. The molecule has 4 nitrogen and oxygen atoms in total. The third kappa shape index (κ3) is 3.09. The van der Waals surface area contributed by atoms with Crippen molar-refractivity contribution in [3.63, 3.8) is 0 Å². The molecule has 2 amide bonds. The van der Waals surface area contributed by atoms with Crippen molar-refractivity contribution in [3.05, 3.63) is 0 Å². The zero-order valence-corrected chi connectivity index (χ0v) is 14.9. The van der Waals surface area contributed by atoms with E-state index in [-0.39, 0.29) is 11.8 Å². The zero-order valence-electron chi connectivity index (χ0n) is 14.9. The lowest BCUT2D eigenvalue weighted by Gasteiger charge is -2.45. The average Bonchev–Trinajstić information content (AvgIpc) is 2.66. The Kier molecular flexibility index (Phi) is 4.82. The average molecular weight is 332 g/mol. The number of hydrogen-bond donors (Lipinski definition) is 0. The second-order valence-corrected chi connectivity index (χ2v) is 8.60. The van der Waals surface area contributed by atoms with E-state index in [0.717, 1.165) is 44.8 Å². The standard InChI is InChI=1S/C20H32N2O2/c23-19(21-13-11-15-6-1-2-8-17(15)14-21)20(24)22-12-5-9-16-7-3-4-10-18(16)22/h15-18H,1-14H2. The molecular weight excluding hydrogens is 300 g/mol. The first-order valence-electron chi connectivity index (χ1n) is 10.3. The van der Waals surface area contributed by atoms with Crippen molar-refractivity contribution < 1.29 is 9.59 Å². The summed E-state index contributed by atoms with van der Waals surface area (Å²) in [4.78, 5) is 29.7. The number of hydrogen-bond acceptors (Lipinski definition) is 2. The summed E-state index contributed by atoms with van der Waals surface area (Å²) in [6.45, 7) is 2.43. The van der Waals surface area contributed by atoms with Gasteiger partial charge in [-0.2, -0.15) is 0 Å². The van der Waals surface area contributed by atoms with Gasteiger partial charge in [-0.05, 0) is 56.3 Å². The van der Waals surface area contributed by atoms with Gasteiger partial charge in [-0.1, -0.05) is 32.1 Å². The number of piperidine rings is 2. The molecule has 4 unspecified atom stereocenters. The molecule has 0 N–H and O–H groups in total. The predicted octanol–water partition coefficient (Wildman–Crippen LogP) is 3.21. The third-order valence-electron chi connectivity index (χ3n) is 7.27. The van der Waals surface area contributed by atoms with Gasteiger partial charge in [-0.15, -0.1) is 0 Å². The molecule has 0 aromatic carbocycles. The monoisotopic (exact) mass is 332 g/mol. The van der Waals surface area contributed by atoms with Gasteiger partial charge in [0.05, 0.1) is 0 Å². The number of likely N-dealkylation sites (tertiary alicyclic amines) is 2. The molecule has 24 heavy (non-hydrogen) atoms. The van der Waals surface area contributed by atoms with E-state index >= 15 is 0 Å². The van der Waals surface area contributed by atoms with E-state index in [2.05, 4.69) is 0 Å². The summed E-state index contributed by atoms with van der Waals surface area (Å²) in [6, 6.07) is 0.344. The molecule has 0 bridgehead atoms.